The fourth-order valence-electron chi connectivity index (χ4n) is 2.77. The van der Waals surface area contributed by atoms with Gasteiger partial charge in [0.1, 0.15) is 12.6 Å². The monoisotopic (exact) mass is 226 g/mol. The molecule has 0 aromatic rings. The van der Waals surface area contributed by atoms with E-state index < -0.39 is 5.41 Å². The molecule has 1 aliphatic rings. The first-order valence-corrected chi connectivity index (χ1v) is 6.13. The predicted molar refractivity (Wildman–Crippen MR) is 61.9 cm³/mol. The molecule has 1 aliphatic carbocycles. The van der Waals surface area contributed by atoms with Crippen LogP contribution in [0.15, 0.2) is 0 Å². The van der Waals surface area contributed by atoms with Crippen molar-refractivity contribution in [2.24, 2.45) is 23.2 Å². The van der Waals surface area contributed by atoms with Crippen molar-refractivity contribution in [3.63, 3.8) is 0 Å². The summed E-state index contributed by atoms with van der Waals surface area (Å²) < 4.78 is 0. The summed E-state index contributed by atoms with van der Waals surface area (Å²) in [6, 6.07) is 0. The molecule has 3 nitrogen and oxygen atoms in total. The summed E-state index contributed by atoms with van der Waals surface area (Å²) in [6.07, 6.45) is 5.07. The lowest BCUT2D eigenvalue weighted by Gasteiger charge is -2.40. The van der Waals surface area contributed by atoms with Crippen LogP contribution in [0.4, 0.5) is 0 Å². The van der Waals surface area contributed by atoms with Crippen molar-refractivity contribution in [1.82, 2.24) is 0 Å². The van der Waals surface area contributed by atoms with E-state index in [2.05, 4.69) is 6.92 Å². The molecule has 3 atom stereocenters. The molecule has 0 heterocycles. The lowest BCUT2D eigenvalue weighted by molar-refractivity contribution is -0.133. The van der Waals surface area contributed by atoms with Crippen molar-refractivity contribution in [3.8, 4) is 0 Å². The molecule has 1 rings (SSSR count). The van der Waals surface area contributed by atoms with Crippen molar-refractivity contribution in [3.05, 3.63) is 0 Å². The third-order valence-corrected chi connectivity index (χ3v) is 4.33. The summed E-state index contributed by atoms with van der Waals surface area (Å²) in [4.78, 5) is 22.3. The van der Waals surface area contributed by atoms with Gasteiger partial charge in [-0.25, -0.2) is 0 Å². The van der Waals surface area contributed by atoms with Gasteiger partial charge >= 0.3 is 0 Å². The molecular weight excluding hydrogens is 204 g/mol. The molecule has 1 fully saturated rings. The lowest BCUT2D eigenvalue weighted by Crippen LogP contribution is -2.40. The van der Waals surface area contributed by atoms with E-state index in [-0.39, 0.29) is 12.5 Å². The van der Waals surface area contributed by atoms with Crippen LogP contribution in [0.25, 0.3) is 0 Å². The first-order valence-electron chi connectivity index (χ1n) is 6.13. The second-order valence-electron chi connectivity index (χ2n) is 5.28. The average molecular weight is 226 g/mol. The summed E-state index contributed by atoms with van der Waals surface area (Å²) in [5, 5.41) is 8.92. The first kappa shape index (κ1) is 13.4. The maximum absolute atomic E-state index is 11.2. The number of aliphatic hydroxyl groups is 1. The summed E-state index contributed by atoms with van der Waals surface area (Å²) in [5.74, 6) is 0.926. The van der Waals surface area contributed by atoms with E-state index in [9.17, 15) is 9.59 Å². The number of rotatable bonds is 5. The van der Waals surface area contributed by atoms with E-state index in [1.54, 1.807) is 0 Å². The molecule has 16 heavy (non-hydrogen) atoms. The summed E-state index contributed by atoms with van der Waals surface area (Å²) >= 11 is 0. The molecule has 0 saturated heterocycles. The Morgan fingerprint density at radius 2 is 2.00 bits per heavy atom. The first-order chi connectivity index (χ1) is 7.59. The van der Waals surface area contributed by atoms with Crippen molar-refractivity contribution < 1.29 is 14.7 Å². The molecule has 0 aromatic carbocycles. The largest absolute Gasteiger partial charge is 0.396 e. The Bertz CT molecular complexity index is 242. The van der Waals surface area contributed by atoms with Gasteiger partial charge in [-0.3, -0.25) is 0 Å². The summed E-state index contributed by atoms with van der Waals surface area (Å²) in [7, 11) is 0. The predicted octanol–water partition coefficient (Wildman–Crippen LogP) is 1.83. The zero-order valence-electron chi connectivity index (χ0n) is 10.2. The Morgan fingerprint density at radius 3 is 2.50 bits per heavy atom. The third-order valence-electron chi connectivity index (χ3n) is 4.33. The van der Waals surface area contributed by atoms with Crippen LogP contribution in [0.5, 0.6) is 0 Å². The van der Waals surface area contributed by atoms with E-state index in [1.807, 2.05) is 6.92 Å². The zero-order chi connectivity index (χ0) is 12.2. The molecule has 3 heteroatoms. The molecule has 92 valence electrons. The van der Waals surface area contributed by atoms with Gasteiger partial charge in [-0.2, -0.15) is 0 Å². The smallest absolute Gasteiger partial charge is 0.133 e. The molecule has 0 radical (unpaired) electrons. The highest BCUT2D eigenvalue weighted by molar-refractivity contribution is 5.84. The molecule has 0 amide bonds. The molecular formula is C13H22O3. The minimum absolute atomic E-state index is 0.153. The normalized spacial score (nSPS) is 30.7. The number of carbonyl (C=O) groups is 2. The SMILES string of the molecule is CC(CCO)C1CCC(C)C(C=O)(C=O)C1. The van der Waals surface area contributed by atoms with Crippen molar-refractivity contribution in [2.75, 3.05) is 6.61 Å². The highest BCUT2D eigenvalue weighted by atomic mass is 16.3. The Balaban J connectivity index is 2.73. The number of hydrogen-bond acceptors (Lipinski definition) is 3. The molecule has 0 bridgehead atoms. The Hall–Kier alpha value is -0.700. The maximum Gasteiger partial charge on any atom is 0.133 e. The second-order valence-corrected chi connectivity index (χ2v) is 5.28. The molecule has 3 unspecified atom stereocenters. The number of aliphatic hydroxyl groups excluding tert-OH is 1. The maximum atomic E-state index is 11.2. The van der Waals surface area contributed by atoms with Gasteiger partial charge < -0.3 is 14.7 Å². The van der Waals surface area contributed by atoms with Crippen molar-refractivity contribution >= 4 is 12.6 Å². The quantitative estimate of drug-likeness (QED) is 0.574. The van der Waals surface area contributed by atoms with E-state index in [0.717, 1.165) is 31.8 Å². The minimum Gasteiger partial charge on any atom is -0.396 e. The van der Waals surface area contributed by atoms with Crippen LogP contribution in [-0.2, 0) is 9.59 Å². The van der Waals surface area contributed by atoms with Crippen molar-refractivity contribution in [2.45, 2.75) is 39.5 Å². The van der Waals surface area contributed by atoms with Gasteiger partial charge in [0.2, 0.25) is 0 Å². The van der Waals surface area contributed by atoms with Gasteiger partial charge in [0.05, 0.1) is 5.41 Å². The highest BCUT2D eigenvalue weighted by Crippen LogP contribution is 2.44. The van der Waals surface area contributed by atoms with Crippen LogP contribution in [0.3, 0.4) is 0 Å². The van der Waals surface area contributed by atoms with Gasteiger partial charge in [0, 0.05) is 6.61 Å². The Labute approximate surface area is 97.2 Å². The second kappa shape index (κ2) is 5.58. The van der Waals surface area contributed by atoms with Crippen LogP contribution < -0.4 is 0 Å². The van der Waals surface area contributed by atoms with Gasteiger partial charge in [0.25, 0.3) is 0 Å². The number of hydrogen-bond donors (Lipinski definition) is 1. The van der Waals surface area contributed by atoms with Gasteiger partial charge in [-0.1, -0.05) is 13.8 Å². The summed E-state index contributed by atoms with van der Waals surface area (Å²) in [5.41, 5.74) is -0.771. The Kier molecular flexibility index (Phi) is 4.66. The molecule has 0 aliphatic heterocycles. The van der Waals surface area contributed by atoms with E-state index in [4.69, 9.17) is 5.11 Å². The zero-order valence-corrected chi connectivity index (χ0v) is 10.2. The fourth-order valence-corrected chi connectivity index (χ4v) is 2.77. The van der Waals surface area contributed by atoms with E-state index in [1.165, 1.54) is 0 Å². The summed E-state index contributed by atoms with van der Waals surface area (Å²) in [6.45, 7) is 4.26. The molecule has 0 spiro atoms. The number of carbonyl (C=O) groups excluding carboxylic acids is 2. The third kappa shape index (κ3) is 2.51. The molecule has 1 N–H and O–H groups in total. The Morgan fingerprint density at radius 1 is 1.38 bits per heavy atom. The van der Waals surface area contributed by atoms with E-state index in [0.29, 0.717) is 18.3 Å². The highest BCUT2D eigenvalue weighted by Gasteiger charge is 2.42. The standard InChI is InChI=1S/C13H22O3/c1-10(5-6-14)12-4-3-11(2)13(7-12,8-15)9-16/h8-12,14H,3-7H2,1-2H3. The van der Waals surface area contributed by atoms with Crippen LogP contribution in [-0.4, -0.2) is 24.3 Å². The molecule has 1 saturated carbocycles. The molecule has 0 aromatic heterocycles. The van der Waals surface area contributed by atoms with E-state index >= 15 is 0 Å². The van der Waals surface area contributed by atoms with Gasteiger partial charge in [-0.05, 0) is 43.4 Å². The average Bonchev–Trinajstić information content (AvgIpc) is 2.30. The van der Waals surface area contributed by atoms with Crippen LogP contribution in [0, 0.1) is 23.2 Å². The van der Waals surface area contributed by atoms with Crippen LogP contribution >= 0.6 is 0 Å². The number of aldehydes is 2. The van der Waals surface area contributed by atoms with Crippen LogP contribution in [0.2, 0.25) is 0 Å². The van der Waals surface area contributed by atoms with Gasteiger partial charge in [-0.15, -0.1) is 0 Å². The lowest BCUT2D eigenvalue weighted by atomic mass is 9.62. The van der Waals surface area contributed by atoms with Crippen LogP contribution in [0.1, 0.15) is 39.5 Å². The fraction of sp³-hybridized carbons (Fsp3) is 0.846. The van der Waals surface area contributed by atoms with Crippen molar-refractivity contribution in [1.29, 1.82) is 0 Å². The topological polar surface area (TPSA) is 54.4 Å². The van der Waals surface area contributed by atoms with Gasteiger partial charge in [0.15, 0.2) is 0 Å². The minimum atomic E-state index is -0.771.